The second kappa shape index (κ2) is 9.01. The molecule has 0 aliphatic carbocycles. The minimum Gasteiger partial charge on any atom is -0.480 e. The van der Waals surface area contributed by atoms with Gasteiger partial charge in [-0.3, -0.25) is 9.18 Å². The predicted molar refractivity (Wildman–Crippen MR) is 63.2 cm³/mol. The Bertz CT molecular complexity index is 174. The number of carbonyl (C=O) groups is 1. The van der Waals surface area contributed by atoms with Gasteiger partial charge in [0.2, 0.25) is 0 Å². The lowest BCUT2D eigenvalue weighted by molar-refractivity contribution is -0.136. The van der Waals surface area contributed by atoms with Crippen molar-refractivity contribution in [1.82, 2.24) is 0 Å². The molecule has 0 aromatic heterocycles. The first kappa shape index (κ1) is 14.8. The van der Waals surface area contributed by atoms with E-state index in [9.17, 15) is 9.18 Å². The second-order valence-corrected chi connectivity index (χ2v) is 5.39. The maximum atomic E-state index is 11.8. The highest BCUT2D eigenvalue weighted by Gasteiger charge is 2.18. The summed E-state index contributed by atoms with van der Waals surface area (Å²) in [5, 5.41) is 8.65. The topological polar surface area (TPSA) is 37.3 Å². The summed E-state index contributed by atoms with van der Waals surface area (Å²) in [4.78, 5) is 10.9. The van der Waals surface area contributed by atoms with Gasteiger partial charge >= 0.3 is 5.97 Å². The molecule has 0 bridgehead atoms. The first-order chi connectivity index (χ1) is 7.07. The summed E-state index contributed by atoms with van der Waals surface area (Å²) in [6, 6.07) is 0. The minimum absolute atomic E-state index is 0.265. The van der Waals surface area contributed by atoms with E-state index in [2.05, 4.69) is 0 Å². The molecule has 4 heteroatoms. The van der Waals surface area contributed by atoms with Gasteiger partial charge < -0.3 is 5.11 Å². The van der Waals surface area contributed by atoms with E-state index >= 15 is 0 Å². The number of thioether (sulfide) groups is 1. The lowest BCUT2D eigenvalue weighted by Gasteiger charge is -2.13. The first-order valence-corrected chi connectivity index (χ1v) is 6.53. The van der Waals surface area contributed by atoms with Gasteiger partial charge in [-0.25, -0.2) is 0 Å². The molecule has 0 saturated heterocycles. The Morgan fingerprint density at radius 1 is 1.33 bits per heavy atom. The van der Waals surface area contributed by atoms with Crippen molar-refractivity contribution in [3.63, 3.8) is 0 Å². The van der Waals surface area contributed by atoms with Gasteiger partial charge in [0.05, 0.1) is 6.67 Å². The van der Waals surface area contributed by atoms with E-state index in [1.165, 1.54) is 11.8 Å². The maximum Gasteiger partial charge on any atom is 0.316 e. The molecule has 0 aromatic carbocycles. The third-order valence-electron chi connectivity index (χ3n) is 2.06. The monoisotopic (exact) mass is 236 g/mol. The lowest BCUT2D eigenvalue weighted by atomic mass is 10.1. The molecule has 0 rings (SSSR count). The fourth-order valence-corrected chi connectivity index (χ4v) is 2.59. The van der Waals surface area contributed by atoms with E-state index in [4.69, 9.17) is 5.11 Å². The molecule has 1 N–H and O–H groups in total. The summed E-state index contributed by atoms with van der Waals surface area (Å²) >= 11 is 1.49. The number of alkyl halides is 1. The zero-order chi connectivity index (χ0) is 11.7. The van der Waals surface area contributed by atoms with Crippen LogP contribution in [0.3, 0.4) is 0 Å². The molecule has 1 atom stereocenters. The highest BCUT2D eigenvalue weighted by molar-refractivity contribution is 8.00. The van der Waals surface area contributed by atoms with Crippen LogP contribution in [-0.4, -0.2) is 28.8 Å². The van der Waals surface area contributed by atoms with Crippen molar-refractivity contribution in [2.45, 2.75) is 44.8 Å². The lowest BCUT2D eigenvalue weighted by Crippen LogP contribution is -2.19. The summed E-state index contributed by atoms with van der Waals surface area (Å²) in [7, 11) is 0. The van der Waals surface area contributed by atoms with Gasteiger partial charge in [-0.2, -0.15) is 0 Å². The molecule has 15 heavy (non-hydrogen) atoms. The zero-order valence-electron chi connectivity index (χ0n) is 9.54. The molecule has 0 amide bonds. The molecular weight excluding hydrogens is 215 g/mol. The van der Waals surface area contributed by atoms with Gasteiger partial charge in [0.1, 0.15) is 5.25 Å². The van der Waals surface area contributed by atoms with E-state index in [0.29, 0.717) is 18.8 Å². The number of hydrogen-bond acceptors (Lipinski definition) is 2. The summed E-state index contributed by atoms with van der Waals surface area (Å²) in [6.45, 7) is 3.79. The van der Waals surface area contributed by atoms with Crippen molar-refractivity contribution < 1.29 is 14.3 Å². The third-order valence-corrected chi connectivity index (χ3v) is 3.38. The van der Waals surface area contributed by atoms with Gasteiger partial charge in [-0.1, -0.05) is 20.3 Å². The summed E-state index contributed by atoms with van der Waals surface area (Å²) in [5.41, 5.74) is 0. The van der Waals surface area contributed by atoms with Gasteiger partial charge in [0.25, 0.3) is 0 Å². The number of hydrogen-bond donors (Lipinski definition) is 1. The Morgan fingerprint density at radius 3 is 2.47 bits per heavy atom. The molecule has 0 saturated carbocycles. The molecule has 0 heterocycles. The van der Waals surface area contributed by atoms with Crippen molar-refractivity contribution in [3.05, 3.63) is 0 Å². The SMILES string of the molecule is CC(C)CC(SCCCCCF)C(=O)O. The Balaban J connectivity index is 3.62. The molecule has 0 aliphatic heterocycles. The Morgan fingerprint density at radius 2 is 2.00 bits per heavy atom. The van der Waals surface area contributed by atoms with Crippen LogP contribution in [0.5, 0.6) is 0 Å². The molecule has 0 aromatic rings. The standard InChI is InChI=1S/C11H21FO2S/c1-9(2)8-10(11(13)14)15-7-5-3-4-6-12/h9-10H,3-8H2,1-2H3,(H,13,14). The molecule has 1 unspecified atom stereocenters. The Kier molecular flexibility index (Phi) is 8.86. The summed E-state index contributed by atoms with van der Waals surface area (Å²) in [6.07, 6.45) is 3.08. The van der Waals surface area contributed by atoms with Crippen LogP contribution < -0.4 is 0 Å². The fraction of sp³-hybridized carbons (Fsp3) is 0.909. The molecule has 0 aliphatic rings. The predicted octanol–water partition coefficient (Wildman–Crippen LogP) is 3.36. The smallest absolute Gasteiger partial charge is 0.316 e. The van der Waals surface area contributed by atoms with Crippen molar-refractivity contribution in [3.8, 4) is 0 Å². The number of unbranched alkanes of at least 4 members (excludes halogenated alkanes) is 2. The average molecular weight is 236 g/mol. The van der Waals surface area contributed by atoms with E-state index in [1.807, 2.05) is 13.8 Å². The number of carboxylic acid groups (broad SMARTS) is 1. The minimum atomic E-state index is -0.723. The largest absolute Gasteiger partial charge is 0.480 e. The molecule has 90 valence electrons. The number of rotatable bonds is 9. The second-order valence-electron chi connectivity index (χ2n) is 4.08. The van der Waals surface area contributed by atoms with Gasteiger partial charge in [-0.15, -0.1) is 11.8 Å². The van der Waals surface area contributed by atoms with Crippen molar-refractivity contribution in [2.75, 3.05) is 12.4 Å². The van der Waals surface area contributed by atoms with Gasteiger partial charge in [0, 0.05) is 0 Å². The van der Waals surface area contributed by atoms with Crippen LogP contribution in [0.15, 0.2) is 0 Å². The van der Waals surface area contributed by atoms with Crippen molar-refractivity contribution >= 4 is 17.7 Å². The third kappa shape index (κ3) is 8.73. The van der Waals surface area contributed by atoms with E-state index in [0.717, 1.165) is 18.6 Å². The van der Waals surface area contributed by atoms with Crippen LogP contribution in [0.1, 0.15) is 39.5 Å². The molecular formula is C11H21FO2S. The quantitative estimate of drug-likeness (QED) is 0.624. The van der Waals surface area contributed by atoms with Gasteiger partial charge in [0.15, 0.2) is 0 Å². The van der Waals surface area contributed by atoms with Crippen LogP contribution in [-0.2, 0) is 4.79 Å². The Hall–Kier alpha value is -0.250. The average Bonchev–Trinajstić information content (AvgIpc) is 2.15. The number of aliphatic carboxylic acids is 1. The van der Waals surface area contributed by atoms with E-state index in [-0.39, 0.29) is 11.9 Å². The molecule has 0 radical (unpaired) electrons. The summed E-state index contributed by atoms with van der Waals surface area (Å²) in [5.74, 6) is 0.507. The highest BCUT2D eigenvalue weighted by Crippen LogP contribution is 2.21. The number of carboxylic acids is 1. The maximum absolute atomic E-state index is 11.8. The van der Waals surface area contributed by atoms with Crippen LogP contribution in [0.4, 0.5) is 4.39 Å². The van der Waals surface area contributed by atoms with Crippen LogP contribution in [0.25, 0.3) is 0 Å². The zero-order valence-corrected chi connectivity index (χ0v) is 10.4. The number of halogens is 1. The van der Waals surface area contributed by atoms with Crippen molar-refractivity contribution in [2.24, 2.45) is 5.92 Å². The highest BCUT2D eigenvalue weighted by atomic mass is 32.2. The normalized spacial score (nSPS) is 13.1. The molecule has 2 nitrogen and oxygen atoms in total. The van der Waals surface area contributed by atoms with Crippen LogP contribution in [0, 0.1) is 5.92 Å². The molecule has 0 fully saturated rings. The van der Waals surface area contributed by atoms with Gasteiger partial charge in [-0.05, 0) is 30.9 Å². The Labute approximate surface area is 95.6 Å². The van der Waals surface area contributed by atoms with Crippen molar-refractivity contribution in [1.29, 1.82) is 0 Å². The summed E-state index contributed by atoms with van der Waals surface area (Å²) < 4.78 is 11.8. The first-order valence-electron chi connectivity index (χ1n) is 5.48. The van der Waals surface area contributed by atoms with Crippen LogP contribution >= 0.6 is 11.8 Å². The van der Waals surface area contributed by atoms with E-state index < -0.39 is 5.97 Å². The van der Waals surface area contributed by atoms with E-state index in [1.54, 1.807) is 0 Å². The molecule has 0 spiro atoms. The fourth-order valence-electron chi connectivity index (χ4n) is 1.27. The van der Waals surface area contributed by atoms with Crippen LogP contribution in [0.2, 0.25) is 0 Å².